The first-order chi connectivity index (χ1) is 11.9. The predicted molar refractivity (Wildman–Crippen MR) is 93.3 cm³/mol. The highest BCUT2D eigenvalue weighted by atomic mass is 16.3. The number of aliphatic hydroxyl groups is 1. The molecule has 0 bridgehead atoms. The first-order valence-electron chi connectivity index (χ1n) is 7.82. The molecule has 4 aromatic rings. The molecule has 0 aliphatic heterocycles. The van der Waals surface area contributed by atoms with Crippen LogP contribution in [-0.4, -0.2) is 31.5 Å². The molecule has 0 unspecified atom stereocenters. The van der Waals surface area contributed by atoms with Crippen LogP contribution in [-0.2, 0) is 6.54 Å². The molecule has 2 heterocycles. The molecule has 0 spiro atoms. The summed E-state index contributed by atoms with van der Waals surface area (Å²) >= 11 is 0. The van der Waals surface area contributed by atoms with Crippen molar-refractivity contribution in [1.29, 1.82) is 0 Å². The molecule has 0 aliphatic carbocycles. The van der Waals surface area contributed by atoms with Gasteiger partial charge in [0.05, 0.1) is 30.7 Å². The van der Waals surface area contributed by atoms with E-state index in [4.69, 9.17) is 9.97 Å². The summed E-state index contributed by atoms with van der Waals surface area (Å²) in [6, 6.07) is 20.0. The van der Waals surface area contributed by atoms with Crippen LogP contribution in [0.3, 0.4) is 0 Å². The second kappa shape index (κ2) is 6.22. The summed E-state index contributed by atoms with van der Waals surface area (Å²) in [5.74, 6) is 0. The van der Waals surface area contributed by atoms with E-state index in [2.05, 4.69) is 5.10 Å². The van der Waals surface area contributed by atoms with Crippen LogP contribution in [0.25, 0.3) is 33.7 Å². The number of fused-ring (bicyclic) bond motifs is 1. The van der Waals surface area contributed by atoms with Crippen molar-refractivity contribution in [2.45, 2.75) is 6.54 Å². The average molecular weight is 316 g/mol. The quantitative estimate of drug-likeness (QED) is 0.628. The first kappa shape index (κ1) is 14.5. The van der Waals surface area contributed by atoms with Gasteiger partial charge in [-0.15, -0.1) is 0 Å². The van der Waals surface area contributed by atoms with Crippen molar-refractivity contribution in [2.24, 2.45) is 0 Å². The lowest BCUT2D eigenvalue weighted by Gasteiger charge is -2.09. The van der Waals surface area contributed by atoms with E-state index in [9.17, 15) is 5.11 Å². The molecule has 0 aliphatic rings. The van der Waals surface area contributed by atoms with Gasteiger partial charge < -0.3 is 5.11 Å². The van der Waals surface area contributed by atoms with E-state index in [1.165, 1.54) is 0 Å². The highest BCUT2D eigenvalue weighted by Gasteiger charge is 2.15. The van der Waals surface area contributed by atoms with Gasteiger partial charge in [-0.3, -0.25) is 0 Å². The Morgan fingerprint density at radius 2 is 1.38 bits per heavy atom. The fraction of sp³-hybridized carbons (Fsp3) is 0.105. The molecular weight excluding hydrogens is 300 g/mol. The maximum absolute atomic E-state index is 9.21. The number of rotatable bonds is 4. The average Bonchev–Trinajstić information content (AvgIpc) is 3.04. The number of hydrogen-bond donors (Lipinski definition) is 1. The summed E-state index contributed by atoms with van der Waals surface area (Å²) < 4.78 is 1.68. The zero-order chi connectivity index (χ0) is 16.4. The van der Waals surface area contributed by atoms with Gasteiger partial charge >= 0.3 is 0 Å². The zero-order valence-electron chi connectivity index (χ0n) is 13.0. The van der Waals surface area contributed by atoms with Crippen LogP contribution in [0.15, 0.2) is 66.9 Å². The Morgan fingerprint density at radius 3 is 1.96 bits per heavy atom. The van der Waals surface area contributed by atoms with Gasteiger partial charge in [0, 0.05) is 11.1 Å². The van der Waals surface area contributed by atoms with Gasteiger partial charge in [-0.2, -0.15) is 5.10 Å². The maximum Gasteiger partial charge on any atom is 0.177 e. The number of benzene rings is 2. The van der Waals surface area contributed by atoms with Crippen molar-refractivity contribution in [3.63, 3.8) is 0 Å². The lowest BCUT2D eigenvalue weighted by Crippen LogP contribution is -2.05. The standard InChI is InChI=1S/C19H16N4O/c24-12-11-23-19-16(13-20-23)21-17(14-7-3-1-4-8-14)18(22-19)15-9-5-2-6-10-15/h1-10,13,24H,11-12H2. The molecule has 0 fully saturated rings. The Bertz CT molecular complexity index is 965. The van der Waals surface area contributed by atoms with E-state index in [1.54, 1.807) is 10.9 Å². The number of nitrogens with zero attached hydrogens (tertiary/aromatic N) is 4. The Hall–Kier alpha value is -3.05. The highest BCUT2D eigenvalue weighted by molar-refractivity contribution is 5.84. The number of aliphatic hydroxyl groups excluding tert-OH is 1. The molecular formula is C19H16N4O. The molecule has 0 saturated carbocycles. The molecule has 24 heavy (non-hydrogen) atoms. The van der Waals surface area contributed by atoms with E-state index in [0.717, 1.165) is 28.0 Å². The van der Waals surface area contributed by atoms with Crippen molar-refractivity contribution in [1.82, 2.24) is 19.7 Å². The molecule has 0 saturated heterocycles. The lowest BCUT2D eigenvalue weighted by molar-refractivity contribution is 0.271. The van der Waals surface area contributed by atoms with Crippen LogP contribution in [0.1, 0.15) is 0 Å². The van der Waals surface area contributed by atoms with Gasteiger partial charge in [-0.1, -0.05) is 60.7 Å². The van der Waals surface area contributed by atoms with Crippen LogP contribution < -0.4 is 0 Å². The third-order valence-electron chi connectivity index (χ3n) is 3.87. The summed E-state index contributed by atoms with van der Waals surface area (Å²) in [6.45, 7) is 0.413. The molecule has 5 nitrogen and oxygen atoms in total. The minimum Gasteiger partial charge on any atom is -0.394 e. The van der Waals surface area contributed by atoms with Gasteiger partial charge in [-0.05, 0) is 0 Å². The first-order valence-corrected chi connectivity index (χ1v) is 7.82. The highest BCUT2D eigenvalue weighted by Crippen LogP contribution is 2.30. The molecule has 5 heteroatoms. The van der Waals surface area contributed by atoms with Crippen LogP contribution in [0.2, 0.25) is 0 Å². The van der Waals surface area contributed by atoms with Gasteiger partial charge in [0.25, 0.3) is 0 Å². The molecule has 0 amide bonds. The Balaban J connectivity index is 1.99. The molecule has 0 atom stereocenters. The number of hydrogen-bond acceptors (Lipinski definition) is 4. The summed E-state index contributed by atoms with van der Waals surface area (Å²) in [5, 5.41) is 13.5. The van der Waals surface area contributed by atoms with Crippen molar-refractivity contribution < 1.29 is 5.11 Å². The Labute approximate surface area is 139 Å². The molecule has 118 valence electrons. The number of aromatic nitrogens is 4. The topological polar surface area (TPSA) is 63.8 Å². The van der Waals surface area contributed by atoms with Crippen molar-refractivity contribution >= 4 is 11.2 Å². The van der Waals surface area contributed by atoms with Gasteiger partial charge in [-0.25, -0.2) is 14.6 Å². The summed E-state index contributed by atoms with van der Waals surface area (Å²) in [6.07, 6.45) is 1.69. The van der Waals surface area contributed by atoms with E-state index < -0.39 is 0 Å². The van der Waals surface area contributed by atoms with Crippen molar-refractivity contribution in [2.75, 3.05) is 6.61 Å². The predicted octanol–water partition coefficient (Wildman–Crippen LogP) is 3.15. The van der Waals surface area contributed by atoms with Gasteiger partial charge in [0.15, 0.2) is 5.65 Å². The van der Waals surface area contributed by atoms with Crippen LogP contribution >= 0.6 is 0 Å². The maximum atomic E-state index is 9.21. The summed E-state index contributed by atoms with van der Waals surface area (Å²) in [5.41, 5.74) is 5.07. The van der Waals surface area contributed by atoms with Gasteiger partial charge in [0.2, 0.25) is 0 Å². The van der Waals surface area contributed by atoms with E-state index >= 15 is 0 Å². The third-order valence-corrected chi connectivity index (χ3v) is 3.87. The van der Waals surface area contributed by atoms with Crippen LogP contribution in [0.4, 0.5) is 0 Å². The molecule has 0 radical (unpaired) electrons. The minimum atomic E-state index is 0.0135. The zero-order valence-corrected chi connectivity index (χ0v) is 13.0. The van der Waals surface area contributed by atoms with Crippen molar-refractivity contribution in [3.8, 4) is 22.5 Å². The summed E-state index contributed by atoms with van der Waals surface area (Å²) in [7, 11) is 0. The molecule has 2 aromatic carbocycles. The molecule has 2 aromatic heterocycles. The molecule has 4 rings (SSSR count). The fourth-order valence-electron chi connectivity index (χ4n) is 2.75. The Morgan fingerprint density at radius 1 is 0.792 bits per heavy atom. The van der Waals surface area contributed by atoms with Crippen molar-refractivity contribution in [3.05, 3.63) is 66.9 Å². The SMILES string of the molecule is OCCn1ncc2nc(-c3ccccc3)c(-c3ccccc3)nc21. The fourth-order valence-corrected chi connectivity index (χ4v) is 2.75. The smallest absolute Gasteiger partial charge is 0.177 e. The minimum absolute atomic E-state index is 0.0135. The second-order valence-corrected chi connectivity index (χ2v) is 5.45. The van der Waals surface area contributed by atoms with E-state index in [-0.39, 0.29) is 6.61 Å². The summed E-state index contributed by atoms with van der Waals surface area (Å²) in [4.78, 5) is 9.62. The normalized spacial score (nSPS) is 11.0. The van der Waals surface area contributed by atoms with Crippen LogP contribution in [0, 0.1) is 0 Å². The van der Waals surface area contributed by atoms with Gasteiger partial charge in [0.1, 0.15) is 5.52 Å². The largest absolute Gasteiger partial charge is 0.394 e. The van der Waals surface area contributed by atoms with E-state index in [1.807, 2.05) is 60.7 Å². The lowest BCUT2D eigenvalue weighted by atomic mass is 10.0. The van der Waals surface area contributed by atoms with E-state index in [0.29, 0.717) is 12.2 Å². The van der Waals surface area contributed by atoms with Crippen LogP contribution in [0.5, 0.6) is 0 Å². The Kier molecular flexibility index (Phi) is 3.76. The third kappa shape index (κ3) is 2.55. The molecule has 1 N–H and O–H groups in total. The monoisotopic (exact) mass is 316 g/mol. The second-order valence-electron chi connectivity index (χ2n) is 5.45.